The molecule has 0 fully saturated rings. The van der Waals surface area contributed by atoms with Crippen LogP contribution in [0.5, 0.6) is 0 Å². The summed E-state index contributed by atoms with van der Waals surface area (Å²) in [6.07, 6.45) is 0. The van der Waals surface area contributed by atoms with Crippen molar-refractivity contribution in [2.24, 2.45) is 0 Å². The van der Waals surface area contributed by atoms with Gasteiger partial charge in [0, 0.05) is 45.5 Å². The maximum atomic E-state index is 8.35. The van der Waals surface area contributed by atoms with E-state index in [0.29, 0.717) is 0 Å². The Balaban J connectivity index is 0. The van der Waals surface area contributed by atoms with Gasteiger partial charge in [0.05, 0.1) is 0 Å². The van der Waals surface area contributed by atoms with Crippen molar-refractivity contribution in [1.82, 2.24) is 0 Å². The van der Waals surface area contributed by atoms with Crippen molar-refractivity contribution in [3.8, 4) is 0 Å². The molecule has 0 bridgehead atoms. The molecule has 4 heavy (non-hydrogen) atoms. The topological polar surface area (TPSA) is 43.3 Å². The molecule has 2 radical (unpaired) electrons. The molecule has 0 aliphatic rings. The second-order valence-electron chi connectivity index (χ2n) is 0.0690. The predicted molar refractivity (Wildman–Crippen MR) is 7.97 cm³/mol. The first-order chi connectivity index (χ1) is 1.41. The third-order valence-electron chi connectivity index (χ3n) is 0. The number of rotatable bonds is 0. The van der Waals surface area contributed by atoms with Crippen LogP contribution in [-0.2, 0) is 0 Å². The molecule has 0 unspecified atom stereocenters. The fraction of sp³-hybridized carbons (Fsp3) is 0. The van der Waals surface area contributed by atoms with Crippen LogP contribution in [0.25, 0.3) is 0 Å². The summed E-state index contributed by atoms with van der Waals surface area (Å²) in [6.45, 7) is 0. The van der Waals surface area contributed by atoms with E-state index in [1.807, 2.05) is 0 Å². The van der Waals surface area contributed by atoms with Gasteiger partial charge in [0.1, 0.15) is 0 Å². The molecule has 0 amide bonds. The average molecular weight is 156 g/mol. The molecular weight excluding hydrogens is 155 g/mol. The molecule has 0 heterocycles. The summed E-state index contributed by atoms with van der Waals surface area (Å²) in [6, 6.07) is 0. The Morgan fingerprint density at radius 3 is 1.75 bits per heavy atom. The van der Waals surface area contributed by atoms with E-state index < -0.39 is 0 Å². The molecule has 22 valence electrons. The van der Waals surface area contributed by atoms with Gasteiger partial charge in [0.2, 0.25) is 0 Å². The Bertz CT molecular complexity index is 6.00. The van der Waals surface area contributed by atoms with E-state index in [1.165, 1.54) is 0 Å². The maximum Gasteiger partial charge on any atom is 0.327 e. The monoisotopic (exact) mass is 156 g/mol. The van der Waals surface area contributed by atoms with E-state index in [-0.39, 0.29) is 56.8 Å². The summed E-state index contributed by atoms with van der Waals surface area (Å²) in [5, 5.41) is 0. The number of hydrogen-bond donors (Lipinski definition) is 1. The van der Waals surface area contributed by atoms with Gasteiger partial charge in [-0.05, 0) is 0 Å². The van der Waals surface area contributed by atoms with Crippen LogP contribution in [0.2, 0.25) is 0 Å². The molecule has 0 aromatic heterocycles. The molecule has 0 spiro atoms. The molecule has 0 saturated carbocycles. The third kappa shape index (κ3) is 9.35. The fourth-order valence-electron chi connectivity index (χ4n) is 0. The van der Waals surface area contributed by atoms with Gasteiger partial charge in [0.25, 0.3) is 0 Å². The van der Waals surface area contributed by atoms with Gasteiger partial charge in [0.15, 0.2) is 0 Å². The van der Waals surface area contributed by atoms with Gasteiger partial charge < -0.3 is 4.66 Å². The van der Waals surface area contributed by atoms with Crippen LogP contribution < -0.4 is 4.66 Å². The van der Waals surface area contributed by atoms with Crippen LogP contribution in [0.3, 0.4) is 0 Å². The van der Waals surface area contributed by atoms with Crippen LogP contribution in [0.1, 0.15) is 0 Å². The Kier molecular flexibility index (Phi) is 20.3. The van der Waals surface area contributed by atoms with Crippen LogP contribution in [0.4, 0.5) is 0 Å². The fourth-order valence-corrected chi connectivity index (χ4v) is 0. The van der Waals surface area contributed by atoms with Gasteiger partial charge in [-0.2, -0.15) is 0 Å². The summed E-state index contributed by atoms with van der Waals surface area (Å²) in [7, 11) is 0. The Hall–Kier alpha value is 1.69. The molecule has 4 heteroatoms. The average Bonchev–Trinajstić information content (AvgIpc) is 0.918. The molecule has 0 atom stereocenters. The van der Waals surface area contributed by atoms with Crippen molar-refractivity contribution in [3.63, 3.8) is 0 Å². The first kappa shape index (κ1) is 9.19. The first-order valence-corrected chi connectivity index (χ1v) is 0.970. The van der Waals surface area contributed by atoms with Crippen LogP contribution in [-0.4, -0.2) is 50.1 Å². The molecule has 0 aromatic carbocycles. The van der Waals surface area contributed by atoms with Crippen LogP contribution in [0.15, 0.2) is 0 Å². The van der Waals surface area contributed by atoms with Gasteiger partial charge in [-0.25, -0.2) is 0 Å². The summed E-state index contributed by atoms with van der Waals surface area (Å²) >= 11 is -0.167. The zero-order valence-electron chi connectivity index (χ0n) is 1.94. The third-order valence-corrected chi connectivity index (χ3v) is 0. The van der Waals surface area contributed by atoms with E-state index in [4.69, 9.17) is 9.32 Å². The van der Waals surface area contributed by atoms with Gasteiger partial charge in [-0.3, -0.25) is 0 Å². The minimum atomic E-state index is -0.167. The normalized spacial score (nSPS) is 4.50. The molecule has 0 aliphatic carbocycles. The van der Waals surface area contributed by atoms with Crippen LogP contribution >= 0.6 is 0 Å². The van der Waals surface area contributed by atoms with E-state index in [1.54, 1.807) is 0 Å². The second-order valence-corrected chi connectivity index (χ2v) is 0.207. The van der Waals surface area contributed by atoms with Crippen molar-refractivity contribution in [2.75, 3.05) is 0 Å². The summed E-state index contributed by atoms with van der Waals surface area (Å²) in [5.41, 5.74) is 0. The molecule has 0 rings (SSSR count). The van der Waals surface area contributed by atoms with Gasteiger partial charge >= 0.3 is 11.3 Å². The quantitative estimate of drug-likeness (QED) is 0.407. The number of hydrogen-bond acceptors (Lipinski definition) is 2. The van der Waals surface area contributed by atoms with Gasteiger partial charge in [-0.1, -0.05) is 0 Å². The van der Waals surface area contributed by atoms with Crippen molar-refractivity contribution in [1.29, 1.82) is 0 Å². The largest absolute Gasteiger partial charge is 0.506 e. The van der Waals surface area contributed by atoms with E-state index in [9.17, 15) is 0 Å². The zero-order valence-corrected chi connectivity index (χ0v) is 6.17. The molecule has 0 saturated heterocycles. The molecular formula is HClO2Sr. The van der Waals surface area contributed by atoms with Crippen molar-refractivity contribution < 1.29 is 20.6 Å². The van der Waals surface area contributed by atoms with Crippen LogP contribution in [0, 0.1) is 11.3 Å². The van der Waals surface area contributed by atoms with Crippen molar-refractivity contribution >= 4 is 45.5 Å². The minimum absolute atomic E-state index is 0. The summed E-state index contributed by atoms with van der Waals surface area (Å²) in [4.78, 5) is 0. The Morgan fingerprint density at radius 1 is 1.75 bits per heavy atom. The SMILES string of the molecule is [O-][Cl+]O.[Sr]. The van der Waals surface area contributed by atoms with E-state index in [0.717, 1.165) is 0 Å². The summed E-state index contributed by atoms with van der Waals surface area (Å²) < 4.78 is 15.2. The molecule has 0 aliphatic heterocycles. The van der Waals surface area contributed by atoms with E-state index >= 15 is 0 Å². The van der Waals surface area contributed by atoms with Crippen molar-refractivity contribution in [3.05, 3.63) is 0 Å². The Morgan fingerprint density at radius 2 is 1.75 bits per heavy atom. The van der Waals surface area contributed by atoms with E-state index in [2.05, 4.69) is 0 Å². The zero-order chi connectivity index (χ0) is 2.71. The standard InChI is InChI=1S/ClHO2.Sr/c2-1-3;/h2H;. The molecule has 0 aromatic rings. The maximum absolute atomic E-state index is 8.35. The van der Waals surface area contributed by atoms with Gasteiger partial charge in [-0.15, -0.1) is 4.66 Å². The molecule has 2 nitrogen and oxygen atoms in total. The Labute approximate surface area is 65.2 Å². The first-order valence-electron chi connectivity index (χ1n) is 0.323. The minimum Gasteiger partial charge on any atom is -0.506 e. The second kappa shape index (κ2) is 8.83. The number of halogens is 1. The summed E-state index contributed by atoms with van der Waals surface area (Å²) in [5.74, 6) is 0. The molecule has 1 N–H and O–H groups in total. The van der Waals surface area contributed by atoms with Crippen molar-refractivity contribution in [2.45, 2.75) is 0 Å². The predicted octanol–water partition coefficient (Wildman–Crippen LogP) is -2.13. The smallest absolute Gasteiger partial charge is 0.327 e.